The van der Waals surface area contributed by atoms with Gasteiger partial charge in [-0.2, -0.15) is 13.2 Å². The molecular weight excluding hydrogens is 413 g/mol. The van der Waals surface area contributed by atoms with Crippen LogP contribution in [0.2, 0.25) is 0 Å². The molecule has 0 aliphatic heterocycles. The molecule has 1 atom stereocenters. The molecule has 0 spiro atoms. The summed E-state index contributed by atoms with van der Waals surface area (Å²) in [6.07, 6.45) is 0.832. The maximum Gasteiger partial charge on any atom is 0.416 e. The molecule has 0 fully saturated rings. The first-order valence-electron chi connectivity index (χ1n) is 9.97. The second-order valence-corrected chi connectivity index (χ2v) is 7.07. The van der Waals surface area contributed by atoms with Gasteiger partial charge in [0, 0.05) is 30.1 Å². The molecule has 2 rings (SSSR count). The molecule has 1 unspecified atom stereocenters. The molecule has 1 aliphatic carbocycles. The smallest absolute Gasteiger partial charge is 0.402 e. The van der Waals surface area contributed by atoms with E-state index in [2.05, 4.69) is 10.3 Å². The molecule has 31 heavy (non-hydrogen) atoms. The summed E-state index contributed by atoms with van der Waals surface area (Å²) in [6, 6.07) is 5.82. The SMILES string of the molecule is C\C=C(F)/C(=C\C(=C\CC)C(F)(F)F)N=CC1=C(N)CCC1NCc1ccc(F)cc1. The summed E-state index contributed by atoms with van der Waals surface area (Å²) in [4.78, 5) is 4.00. The average Bonchev–Trinajstić information content (AvgIpc) is 3.08. The largest absolute Gasteiger partial charge is 0.416 e. The minimum atomic E-state index is -4.62. The monoisotopic (exact) mass is 439 g/mol. The van der Waals surface area contributed by atoms with Crippen molar-refractivity contribution in [2.24, 2.45) is 10.7 Å². The van der Waals surface area contributed by atoms with E-state index in [0.29, 0.717) is 36.7 Å². The Morgan fingerprint density at radius 2 is 1.94 bits per heavy atom. The molecule has 3 nitrogen and oxygen atoms in total. The zero-order valence-electron chi connectivity index (χ0n) is 17.4. The average molecular weight is 439 g/mol. The predicted octanol–water partition coefficient (Wildman–Crippen LogP) is 6.02. The van der Waals surface area contributed by atoms with Crippen LogP contribution in [0.5, 0.6) is 0 Å². The van der Waals surface area contributed by atoms with Gasteiger partial charge in [0.25, 0.3) is 0 Å². The highest BCUT2D eigenvalue weighted by atomic mass is 19.4. The molecule has 1 aromatic rings. The number of hydrogen-bond donors (Lipinski definition) is 2. The zero-order valence-corrected chi connectivity index (χ0v) is 17.4. The number of rotatable bonds is 8. The Bertz CT molecular complexity index is 906. The number of nitrogens with two attached hydrogens (primary N) is 1. The van der Waals surface area contributed by atoms with Crippen LogP contribution in [0.4, 0.5) is 22.0 Å². The van der Waals surface area contributed by atoms with E-state index in [1.807, 2.05) is 0 Å². The molecule has 3 N–H and O–H groups in total. The van der Waals surface area contributed by atoms with Crippen molar-refractivity contribution in [3.05, 3.63) is 82.2 Å². The minimum absolute atomic E-state index is 0.146. The van der Waals surface area contributed by atoms with E-state index >= 15 is 0 Å². The highest BCUT2D eigenvalue weighted by Gasteiger charge is 2.32. The summed E-state index contributed by atoms with van der Waals surface area (Å²) in [5.41, 5.74) is 6.67. The van der Waals surface area contributed by atoms with Crippen LogP contribution in [0.1, 0.15) is 38.7 Å². The number of hydrogen-bond acceptors (Lipinski definition) is 3. The Labute approximate surface area is 178 Å². The topological polar surface area (TPSA) is 50.4 Å². The van der Waals surface area contributed by atoms with Gasteiger partial charge in [-0.15, -0.1) is 0 Å². The maximum atomic E-state index is 14.2. The second kappa shape index (κ2) is 11.0. The molecular formula is C23H26F5N3. The Balaban J connectivity index is 2.24. The molecule has 0 heterocycles. The van der Waals surface area contributed by atoms with Gasteiger partial charge in [-0.1, -0.05) is 25.1 Å². The first-order valence-corrected chi connectivity index (χ1v) is 9.97. The van der Waals surface area contributed by atoms with Crippen molar-refractivity contribution in [2.75, 3.05) is 0 Å². The number of alkyl halides is 3. The number of nitrogens with one attached hydrogen (secondary N) is 1. The van der Waals surface area contributed by atoms with E-state index in [4.69, 9.17) is 5.73 Å². The summed E-state index contributed by atoms with van der Waals surface area (Å²) in [6.45, 7) is 3.39. The number of benzene rings is 1. The standard InChI is InChI=1S/C23H26F5N3/c1-3-5-16(23(26,27)28)12-22(19(25)4-2)31-14-18-20(29)10-11-21(18)30-13-15-6-8-17(24)9-7-15/h4-9,12,14,21,30H,3,10-11,13,29H2,1-2H3/b16-5-,19-4+,22-12+,31-14?. The molecule has 168 valence electrons. The molecule has 0 saturated heterocycles. The van der Waals surface area contributed by atoms with Gasteiger partial charge in [0.15, 0.2) is 0 Å². The fourth-order valence-electron chi connectivity index (χ4n) is 3.13. The van der Waals surface area contributed by atoms with Crippen molar-refractivity contribution in [1.29, 1.82) is 0 Å². The van der Waals surface area contributed by atoms with Crippen LogP contribution in [0.25, 0.3) is 0 Å². The molecule has 1 aliphatic rings. The maximum absolute atomic E-state index is 14.2. The quantitative estimate of drug-likeness (QED) is 0.296. The lowest BCUT2D eigenvalue weighted by molar-refractivity contribution is -0.0884. The summed E-state index contributed by atoms with van der Waals surface area (Å²) in [5, 5.41) is 3.28. The fourth-order valence-corrected chi connectivity index (χ4v) is 3.13. The Morgan fingerprint density at radius 3 is 2.52 bits per heavy atom. The summed E-state index contributed by atoms with van der Waals surface area (Å²) >= 11 is 0. The molecule has 8 heteroatoms. The number of halogens is 5. The third-order valence-electron chi connectivity index (χ3n) is 4.80. The highest BCUT2D eigenvalue weighted by Crippen LogP contribution is 2.30. The second-order valence-electron chi connectivity index (χ2n) is 7.07. The van der Waals surface area contributed by atoms with Gasteiger partial charge in [0.05, 0.1) is 11.3 Å². The lowest BCUT2D eigenvalue weighted by Crippen LogP contribution is -2.29. The highest BCUT2D eigenvalue weighted by molar-refractivity contribution is 5.83. The van der Waals surface area contributed by atoms with Gasteiger partial charge >= 0.3 is 6.18 Å². The minimum Gasteiger partial charge on any atom is -0.402 e. The molecule has 0 bridgehead atoms. The van der Waals surface area contributed by atoms with Crippen molar-refractivity contribution in [3.8, 4) is 0 Å². The van der Waals surface area contributed by atoms with E-state index < -0.39 is 23.3 Å². The van der Waals surface area contributed by atoms with Crippen molar-refractivity contribution < 1.29 is 22.0 Å². The molecule has 1 aromatic carbocycles. The normalized spacial score (nSPS) is 19.1. The van der Waals surface area contributed by atoms with Gasteiger partial charge in [0.2, 0.25) is 0 Å². The first kappa shape index (κ1) is 24.5. The van der Waals surface area contributed by atoms with E-state index in [1.54, 1.807) is 19.1 Å². The zero-order chi connectivity index (χ0) is 23.0. The van der Waals surface area contributed by atoms with Gasteiger partial charge in [-0.05, 0) is 56.0 Å². The Hall–Kier alpha value is -2.74. The predicted molar refractivity (Wildman–Crippen MR) is 113 cm³/mol. The first-order chi connectivity index (χ1) is 14.7. The summed E-state index contributed by atoms with van der Waals surface area (Å²) in [5.74, 6) is -1.20. The van der Waals surface area contributed by atoms with E-state index in [-0.39, 0.29) is 18.3 Å². The van der Waals surface area contributed by atoms with E-state index in [1.165, 1.54) is 25.3 Å². The van der Waals surface area contributed by atoms with Gasteiger partial charge in [0.1, 0.15) is 11.6 Å². The van der Waals surface area contributed by atoms with Crippen molar-refractivity contribution in [3.63, 3.8) is 0 Å². The van der Waals surface area contributed by atoms with Crippen LogP contribution in [0, 0.1) is 5.82 Å². The van der Waals surface area contributed by atoms with Gasteiger partial charge in [-0.3, -0.25) is 4.99 Å². The third kappa shape index (κ3) is 7.17. The van der Waals surface area contributed by atoms with Crippen LogP contribution >= 0.6 is 0 Å². The molecule has 0 saturated carbocycles. The van der Waals surface area contributed by atoms with Crippen molar-refractivity contribution >= 4 is 6.21 Å². The fraction of sp³-hybridized carbons (Fsp3) is 0.348. The summed E-state index contributed by atoms with van der Waals surface area (Å²) in [7, 11) is 0. The van der Waals surface area contributed by atoms with Crippen molar-refractivity contribution in [1.82, 2.24) is 5.32 Å². The van der Waals surface area contributed by atoms with Crippen LogP contribution in [0.3, 0.4) is 0 Å². The lowest BCUT2D eigenvalue weighted by atomic mass is 10.1. The van der Waals surface area contributed by atoms with Crippen LogP contribution < -0.4 is 11.1 Å². The van der Waals surface area contributed by atoms with Crippen molar-refractivity contribution in [2.45, 2.75) is 51.9 Å². The van der Waals surface area contributed by atoms with E-state index in [9.17, 15) is 22.0 Å². The molecule has 0 radical (unpaired) electrons. The van der Waals surface area contributed by atoms with Crippen LogP contribution in [0.15, 0.2) is 75.9 Å². The van der Waals surface area contributed by atoms with E-state index in [0.717, 1.165) is 17.7 Å². The van der Waals surface area contributed by atoms with Gasteiger partial charge < -0.3 is 11.1 Å². The Morgan fingerprint density at radius 1 is 1.26 bits per heavy atom. The summed E-state index contributed by atoms with van der Waals surface area (Å²) < 4.78 is 66.9. The van der Waals surface area contributed by atoms with Crippen LogP contribution in [-0.4, -0.2) is 18.4 Å². The number of aliphatic imine (C=N–C) groups is 1. The third-order valence-corrected chi connectivity index (χ3v) is 4.80. The molecule has 0 amide bonds. The lowest BCUT2D eigenvalue weighted by Gasteiger charge is -2.15. The number of allylic oxidation sites excluding steroid dienone is 6. The molecule has 0 aromatic heterocycles. The Kier molecular flexibility index (Phi) is 8.74. The van der Waals surface area contributed by atoms with Crippen LogP contribution in [-0.2, 0) is 6.54 Å². The number of nitrogens with zero attached hydrogens (tertiary/aromatic N) is 1. The van der Waals surface area contributed by atoms with Gasteiger partial charge in [-0.25, -0.2) is 8.78 Å².